The molecule has 2 unspecified atom stereocenters. The quantitative estimate of drug-likeness (QED) is 0.0552. The minimum Gasteiger partial charge on any atom is -0.481 e. The number of hydrogen-bond donors (Lipinski definition) is 3. The summed E-state index contributed by atoms with van der Waals surface area (Å²) in [6.45, 7) is 22.4. The molecule has 3 amide bonds. The number of nitrogens with zero attached hydrogens (tertiary/aromatic N) is 1. The van der Waals surface area contributed by atoms with Crippen molar-refractivity contribution < 1.29 is 52.6 Å². The van der Waals surface area contributed by atoms with Gasteiger partial charge < -0.3 is 29.1 Å². The number of nitrogens with one attached hydrogen (secondary N) is 1. The van der Waals surface area contributed by atoms with Crippen molar-refractivity contribution in [1.82, 2.24) is 10.2 Å². The van der Waals surface area contributed by atoms with Crippen LogP contribution in [-0.2, 0) is 36.4 Å². The normalized spacial score (nSPS) is 14.1. The molecule has 3 N–H and O–H groups in total. The number of thiophene rings is 2. The van der Waals surface area contributed by atoms with Gasteiger partial charge in [-0.25, -0.2) is 4.79 Å². The van der Waals surface area contributed by atoms with Gasteiger partial charge in [0.1, 0.15) is 11.8 Å². The van der Waals surface area contributed by atoms with E-state index in [4.69, 9.17) is 13.6 Å². The molecule has 5 rings (SSSR count). The molecule has 17 heteroatoms. The van der Waals surface area contributed by atoms with Crippen molar-refractivity contribution in [2.24, 2.45) is 0 Å². The molecule has 1 aliphatic heterocycles. The lowest BCUT2D eigenvalue weighted by molar-refractivity contribution is -0.142. The number of carbonyl (C=O) groups excluding carboxylic acids is 4. The molecule has 0 fully saturated rings. The van der Waals surface area contributed by atoms with E-state index in [1.54, 1.807) is 36.4 Å². The van der Waals surface area contributed by atoms with Crippen molar-refractivity contribution in [3.63, 3.8) is 0 Å². The van der Waals surface area contributed by atoms with Gasteiger partial charge >= 0.3 is 17.9 Å². The molecule has 0 saturated carbocycles. The zero-order valence-electron chi connectivity index (χ0n) is 37.2. The number of methoxy groups -OCH3 is 1. The molecule has 13 nitrogen and oxygen atoms in total. The SMILES string of the molecule is CC(C)(C)[Si](C)(C)OCc1ccc(C(CNC(=O)c2ccccc2C(=O)O)C(=O)O)s1.COC(=O)C(CN1C(=O)c2ccccc2C1=O)c1ccc(CO[Si](C)(C)C(C)(C)C)s1. The number of carbonyl (C=O) groups is 6. The van der Waals surface area contributed by atoms with Gasteiger partial charge in [0.15, 0.2) is 16.6 Å². The number of ether oxygens (including phenoxy) is 1. The maximum absolute atomic E-state index is 12.7. The van der Waals surface area contributed by atoms with E-state index in [1.807, 2.05) is 18.2 Å². The van der Waals surface area contributed by atoms with Crippen LogP contribution in [0.1, 0.15) is 114 Å². The van der Waals surface area contributed by atoms with Crippen LogP contribution in [0.25, 0.3) is 0 Å². The first-order valence-corrected chi connectivity index (χ1v) is 27.6. The Morgan fingerprint density at radius 2 is 1.11 bits per heavy atom. The summed E-state index contributed by atoms with van der Waals surface area (Å²) >= 11 is 2.80. The van der Waals surface area contributed by atoms with E-state index in [2.05, 4.69) is 73.0 Å². The maximum atomic E-state index is 12.7. The number of rotatable bonds is 16. The molecule has 2 aromatic heterocycles. The van der Waals surface area contributed by atoms with Crippen molar-refractivity contribution in [2.45, 2.75) is 103 Å². The standard InChI is InChI=1S/C23H29NO5SSi.C22H29NO6SSi/c1-23(2,3)31(5,6)29-14-15-11-12-19(30-15)18(22(27)28-4)13-24-20(25)16-9-7-8-10-17(16)21(24)26;1-22(2,3)31(4,5)29-13-14-10-11-18(30-14)17(21(27)28)12-23-19(24)15-8-6-7-9-16(15)20(25)26/h7-12,18H,13-14H2,1-6H3;6-11,17H,12-13H2,1-5H3,(H,23,24)(H,25,26)(H,27,28). The van der Waals surface area contributed by atoms with E-state index >= 15 is 0 Å². The zero-order valence-corrected chi connectivity index (χ0v) is 40.9. The molecular formula is C45H58N2O11S2Si2. The predicted molar refractivity (Wildman–Crippen MR) is 245 cm³/mol. The van der Waals surface area contributed by atoms with Crippen molar-refractivity contribution in [2.75, 3.05) is 20.2 Å². The van der Waals surface area contributed by atoms with E-state index in [0.29, 0.717) is 29.2 Å². The summed E-state index contributed by atoms with van der Waals surface area (Å²) in [6.07, 6.45) is 0. The van der Waals surface area contributed by atoms with Crippen LogP contribution in [-0.4, -0.2) is 87.6 Å². The topological polar surface area (TPSA) is 186 Å². The number of fused-ring (bicyclic) bond motifs is 1. The zero-order chi connectivity index (χ0) is 46.4. The number of benzene rings is 2. The van der Waals surface area contributed by atoms with Gasteiger partial charge in [-0.2, -0.15) is 0 Å². The monoisotopic (exact) mass is 922 g/mol. The molecule has 0 aliphatic carbocycles. The number of amides is 3. The summed E-state index contributed by atoms with van der Waals surface area (Å²) in [4.78, 5) is 78.0. The molecular weight excluding hydrogens is 865 g/mol. The first-order valence-electron chi connectivity index (χ1n) is 20.1. The van der Waals surface area contributed by atoms with Gasteiger partial charge in [-0.3, -0.25) is 28.9 Å². The number of carboxylic acids is 2. The molecule has 3 heterocycles. The van der Waals surface area contributed by atoms with E-state index < -0.39 is 52.3 Å². The Balaban J connectivity index is 0.000000273. The largest absolute Gasteiger partial charge is 0.481 e. The van der Waals surface area contributed by atoms with E-state index in [9.17, 15) is 39.0 Å². The summed E-state index contributed by atoms with van der Waals surface area (Å²) in [5.74, 6) is -5.82. The minimum absolute atomic E-state index is 0.00576. The minimum atomic E-state index is -1.92. The third-order valence-corrected chi connectivity index (χ3v) is 23.0. The summed E-state index contributed by atoms with van der Waals surface area (Å²) in [6, 6.07) is 19.9. The Kier molecular flexibility index (Phi) is 16.2. The number of hydrogen-bond acceptors (Lipinski definition) is 11. The lowest BCUT2D eigenvalue weighted by atomic mass is 10.1. The van der Waals surface area contributed by atoms with Crippen LogP contribution in [0.5, 0.6) is 0 Å². The maximum Gasteiger partial charge on any atom is 0.336 e. The third-order valence-electron chi connectivity index (χ3n) is 11.7. The van der Waals surface area contributed by atoms with Crippen molar-refractivity contribution >= 4 is 74.9 Å². The van der Waals surface area contributed by atoms with Crippen LogP contribution in [0.4, 0.5) is 0 Å². The van der Waals surface area contributed by atoms with Gasteiger partial charge in [0.2, 0.25) is 0 Å². The van der Waals surface area contributed by atoms with Crippen molar-refractivity contribution in [3.8, 4) is 0 Å². The molecule has 2 aromatic carbocycles. The Morgan fingerprint density at radius 1 is 0.677 bits per heavy atom. The van der Waals surface area contributed by atoms with E-state index in [1.165, 1.54) is 48.0 Å². The summed E-state index contributed by atoms with van der Waals surface area (Å²) in [5.41, 5.74) is 0.596. The van der Waals surface area contributed by atoms with Gasteiger partial charge in [0.25, 0.3) is 17.7 Å². The summed E-state index contributed by atoms with van der Waals surface area (Å²) < 4.78 is 17.5. The highest BCUT2D eigenvalue weighted by atomic mass is 32.1. The van der Waals surface area contributed by atoms with Crippen molar-refractivity contribution in [1.29, 1.82) is 0 Å². The molecule has 4 aromatic rings. The Bertz CT molecular complexity index is 2250. The summed E-state index contributed by atoms with van der Waals surface area (Å²) in [5, 5.41) is 21.6. The molecule has 0 saturated heterocycles. The van der Waals surface area contributed by atoms with E-state index in [0.717, 1.165) is 19.5 Å². The predicted octanol–water partition coefficient (Wildman–Crippen LogP) is 9.39. The average molecular weight is 923 g/mol. The molecule has 0 spiro atoms. The first-order chi connectivity index (χ1) is 28.8. The van der Waals surface area contributed by atoms with Gasteiger partial charge in [0, 0.05) is 32.6 Å². The fraction of sp³-hybridized carbons (Fsp3) is 0.422. The van der Waals surface area contributed by atoms with Crippen LogP contribution in [0.15, 0.2) is 72.8 Å². The summed E-state index contributed by atoms with van der Waals surface area (Å²) in [7, 11) is -2.51. The van der Waals surface area contributed by atoms with Gasteiger partial charge in [-0.05, 0) is 84.8 Å². The highest BCUT2D eigenvalue weighted by molar-refractivity contribution is 7.12. The number of imide groups is 1. The fourth-order valence-electron chi connectivity index (χ4n) is 5.73. The Hall–Kier alpha value is -4.79. The van der Waals surface area contributed by atoms with Crippen LogP contribution < -0.4 is 5.32 Å². The molecule has 0 radical (unpaired) electrons. The van der Waals surface area contributed by atoms with Crippen LogP contribution in [0.2, 0.25) is 36.3 Å². The van der Waals surface area contributed by atoms with Crippen LogP contribution in [0, 0.1) is 0 Å². The third kappa shape index (κ3) is 12.0. The van der Waals surface area contributed by atoms with Crippen molar-refractivity contribution in [3.05, 3.63) is 115 Å². The van der Waals surface area contributed by atoms with Gasteiger partial charge in [-0.1, -0.05) is 65.8 Å². The average Bonchev–Trinajstić information content (AvgIpc) is 3.93. The second-order valence-corrected chi connectivity index (χ2v) is 30.0. The Labute approximate surface area is 373 Å². The molecule has 62 heavy (non-hydrogen) atoms. The smallest absolute Gasteiger partial charge is 0.336 e. The number of aromatic carboxylic acids is 1. The number of carboxylic acid groups (broad SMARTS) is 2. The van der Waals surface area contributed by atoms with Crippen LogP contribution in [0.3, 0.4) is 0 Å². The molecule has 1 aliphatic rings. The first kappa shape index (κ1) is 49.9. The van der Waals surface area contributed by atoms with Gasteiger partial charge in [0.05, 0.1) is 42.6 Å². The second kappa shape index (κ2) is 20.2. The second-order valence-electron chi connectivity index (χ2n) is 18.0. The lowest BCUT2D eigenvalue weighted by Gasteiger charge is -2.36. The lowest BCUT2D eigenvalue weighted by Crippen LogP contribution is -2.40. The number of esters is 1. The van der Waals surface area contributed by atoms with Crippen LogP contribution >= 0.6 is 22.7 Å². The fourth-order valence-corrected chi connectivity index (χ4v) is 9.87. The number of aliphatic carboxylic acids is 1. The molecule has 334 valence electrons. The highest BCUT2D eigenvalue weighted by Gasteiger charge is 2.40. The highest BCUT2D eigenvalue weighted by Crippen LogP contribution is 2.39. The molecule has 0 bridgehead atoms. The molecule has 2 atom stereocenters. The van der Waals surface area contributed by atoms with E-state index in [-0.39, 0.29) is 46.1 Å². The van der Waals surface area contributed by atoms with Gasteiger partial charge in [-0.15, -0.1) is 22.7 Å². The Morgan fingerprint density at radius 3 is 1.53 bits per heavy atom.